The molecule has 4 nitrogen and oxygen atoms in total. The van der Waals surface area contributed by atoms with Crippen molar-refractivity contribution in [2.24, 2.45) is 17.8 Å². The first-order chi connectivity index (χ1) is 8.29. The summed E-state index contributed by atoms with van der Waals surface area (Å²) in [6, 6.07) is 0.496. The van der Waals surface area contributed by atoms with E-state index >= 15 is 0 Å². The van der Waals surface area contributed by atoms with Gasteiger partial charge in [0, 0.05) is 6.04 Å². The first kappa shape index (κ1) is 15.9. The standard InChI is InChI=1S/C13H27NO3S/c1-10(2)12-6-5-11(3)9-13(12)14-7-4-8-18(15,16)17/h10-14H,4-9H2,1-3H3,(H,15,16,17)/t11-,12+,13-/m1/s1. The Hall–Kier alpha value is -0.130. The van der Waals surface area contributed by atoms with Crippen LogP contribution in [0.5, 0.6) is 0 Å². The van der Waals surface area contributed by atoms with Crippen molar-refractivity contribution in [2.45, 2.75) is 52.5 Å². The van der Waals surface area contributed by atoms with Crippen molar-refractivity contribution < 1.29 is 13.0 Å². The van der Waals surface area contributed by atoms with Crippen LogP contribution in [0.15, 0.2) is 0 Å². The van der Waals surface area contributed by atoms with Gasteiger partial charge in [0.25, 0.3) is 10.1 Å². The maximum Gasteiger partial charge on any atom is 0.264 e. The van der Waals surface area contributed by atoms with Crippen LogP contribution >= 0.6 is 0 Å². The molecule has 0 amide bonds. The van der Waals surface area contributed by atoms with Gasteiger partial charge >= 0.3 is 0 Å². The summed E-state index contributed by atoms with van der Waals surface area (Å²) in [5.41, 5.74) is 0. The van der Waals surface area contributed by atoms with Gasteiger partial charge in [0.05, 0.1) is 5.75 Å². The average Bonchev–Trinajstić information content (AvgIpc) is 2.22. The number of nitrogens with one attached hydrogen (secondary N) is 1. The molecule has 18 heavy (non-hydrogen) atoms. The zero-order valence-corrected chi connectivity index (χ0v) is 12.5. The Morgan fingerprint density at radius 2 is 2.00 bits per heavy atom. The smallest absolute Gasteiger partial charge is 0.264 e. The number of rotatable bonds is 6. The second kappa shape index (κ2) is 6.87. The Balaban J connectivity index is 2.37. The maximum absolute atomic E-state index is 10.6. The van der Waals surface area contributed by atoms with Crippen molar-refractivity contribution in [1.29, 1.82) is 0 Å². The molecule has 2 N–H and O–H groups in total. The monoisotopic (exact) mass is 277 g/mol. The number of hydrogen-bond donors (Lipinski definition) is 2. The zero-order chi connectivity index (χ0) is 13.8. The second-order valence-electron chi connectivity index (χ2n) is 6.03. The van der Waals surface area contributed by atoms with Crippen molar-refractivity contribution in [3.8, 4) is 0 Å². The van der Waals surface area contributed by atoms with Crippen LogP contribution in [-0.4, -0.2) is 31.3 Å². The molecule has 1 saturated carbocycles. The summed E-state index contributed by atoms with van der Waals surface area (Å²) in [6.07, 6.45) is 4.21. The predicted octanol–water partition coefficient (Wildman–Crippen LogP) is 2.31. The van der Waals surface area contributed by atoms with Crippen LogP contribution in [0.25, 0.3) is 0 Å². The van der Waals surface area contributed by atoms with Crippen LogP contribution in [0, 0.1) is 17.8 Å². The van der Waals surface area contributed by atoms with Crippen molar-refractivity contribution in [3.05, 3.63) is 0 Å². The molecule has 0 bridgehead atoms. The molecule has 1 aliphatic rings. The minimum atomic E-state index is -3.81. The van der Waals surface area contributed by atoms with Gasteiger partial charge in [0.15, 0.2) is 0 Å². The van der Waals surface area contributed by atoms with Crippen LogP contribution < -0.4 is 5.32 Å². The minimum Gasteiger partial charge on any atom is -0.314 e. The fraction of sp³-hybridized carbons (Fsp3) is 1.00. The molecule has 0 radical (unpaired) electrons. The molecule has 1 rings (SSSR count). The second-order valence-corrected chi connectivity index (χ2v) is 7.60. The third kappa shape index (κ3) is 5.67. The van der Waals surface area contributed by atoms with Gasteiger partial charge in [-0.05, 0) is 43.6 Å². The van der Waals surface area contributed by atoms with Crippen LogP contribution in [-0.2, 0) is 10.1 Å². The van der Waals surface area contributed by atoms with Gasteiger partial charge in [-0.2, -0.15) is 8.42 Å². The average molecular weight is 277 g/mol. The van der Waals surface area contributed by atoms with E-state index in [1.165, 1.54) is 19.3 Å². The maximum atomic E-state index is 10.6. The molecule has 0 aromatic carbocycles. The van der Waals surface area contributed by atoms with Gasteiger partial charge in [-0.15, -0.1) is 0 Å². The number of hydrogen-bond acceptors (Lipinski definition) is 3. The van der Waals surface area contributed by atoms with Crippen molar-refractivity contribution >= 4 is 10.1 Å². The molecule has 108 valence electrons. The fourth-order valence-corrected chi connectivity index (χ4v) is 3.49. The van der Waals surface area contributed by atoms with E-state index in [1.807, 2.05) is 0 Å². The van der Waals surface area contributed by atoms with E-state index in [0.717, 1.165) is 5.92 Å². The van der Waals surface area contributed by atoms with Crippen molar-refractivity contribution in [1.82, 2.24) is 5.32 Å². The molecule has 0 heterocycles. The van der Waals surface area contributed by atoms with Crippen LogP contribution in [0.4, 0.5) is 0 Å². The Morgan fingerprint density at radius 3 is 2.56 bits per heavy atom. The SMILES string of the molecule is CC(C)[C@@H]1CC[C@@H](C)C[C@H]1NCCCS(=O)(=O)O. The first-order valence-electron chi connectivity index (χ1n) is 6.98. The topological polar surface area (TPSA) is 66.4 Å². The summed E-state index contributed by atoms with van der Waals surface area (Å²) in [4.78, 5) is 0. The Labute approximate surface area is 111 Å². The minimum absolute atomic E-state index is 0.144. The molecular formula is C13H27NO3S. The molecule has 0 aliphatic heterocycles. The molecule has 0 aromatic rings. The van der Waals surface area contributed by atoms with Crippen molar-refractivity contribution in [2.75, 3.05) is 12.3 Å². The van der Waals surface area contributed by atoms with E-state index in [0.29, 0.717) is 30.8 Å². The van der Waals surface area contributed by atoms with E-state index in [1.54, 1.807) is 0 Å². The lowest BCUT2D eigenvalue weighted by Crippen LogP contribution is -2.43. The largest absolute Gasteiger partial charge is 0.314 e. The highest BCUT2D eigenvalue weighted by Gasteiger charge is 2.29. The van der Waals surface area contributed by atoms with E-state index < -0.39 is 10.1 Å². The highest BCUT2D eigenvalue weighted by atomic mass is 32.2. The normalized spacial score (nSPS) is 29.7. The summed E-state index contributed by atoms with van der Waals surface area (Å²) in [5.74, 6) is 1.96. The van der Waals surface area contributed by atoms with E-state index in [2.05, 4.69) is 26.1 Å². The van der Waals surface area contributed by atoms with Gasteiger partial charge in [-0.1, -0.05) is 27.2 Å². The third-order valence-corrected chi connectivity index (χ3v) is 4.81. The van der Waals surface area contributed by atoms with Gasteiger partial charge in [0.1, 0.15) is 0 Å². The lowest BCUT2D eigenvalue weighted by atomic mass is 9.74. The highest BCUT2D eigenvalue weighted by molar-refractivity contribution is 7.85. The van der Waals surface area contributed by atoms with Gasteiger partial charge < -0.3 is 5.32 Å². The zero-order valence-electron chi connectivity index (χ0n) is 11.7. The Morgan fingerprint density at radius 1 is 1.33 bits per heavy atom. The van der Waals surface area contributed by atoms with Gasteiger partial charge in [0.2, 0.25) is 0 Å². The Bertz CT molecular complexity index is 340. The lowest BCUT2D eigenvalue weighted by Gasteiger charge is -2.38. The molecule has 0 spiro atoms. The fourth-order valence-electron chi connectivity index (χ4n) is 2.98. The molecule has 0 saturated heterocycles. The molecule has 1 fully saturated rings. The quantitative estimate of drug-likeness (QED) is 0.577. The van der Waals surface area contributed by atoms with Crippen molar-refractivity contribution in [3.63, 3.8) is 0 Å². The van der Waals surface area contributed by atoms with E-state index in [-0.39, 0.29) is 5.75 Å². The van der Waals surface area contributed by atoms with Crippen LogP contribution in [0.2, 0.25) is 0 Å². The summed E-state index contributed by atoms with van der Waals surface area (Å²) in [7, 11) is -3.81. The van der Waals surface area contributed by atoms with Crippen LogP contribution in [0.3, 0.4) is 0 Å². The molecule has 3 atom stereocenters. The molecule has 0 aromatic heterocycles. The molecular weight excluding hydrogens is 250 g/mol. The molecule has 1 aliphatic carbocycles. The molecule has 5 heteroatoms. The third-order valence-electron chi connectivity index (χ3n) is 4.01. The predicted molar refractivity (Wildman–Crippen MR) is 74.2 cm³/mol. The summed E-state index contributed by atoms with van der Waals surface area (Å²) in [5, 5.41) is 3.48. The lowest BCUT2D eigenvalue weighted by molar-refractivity contribution is 0.170. The summed E-state index contributed by atoms with van der Waals surface area (Å²) < 4.78 is 30.0. The van der Waals surface area contributed by atoms with Crippen LogP contribution in [0.1, 0.15) is 46.5 Å². The van der Waals surface area contributed by atoms with Gasteiger partial charge in [-0.3, -0.25) is 4.55 Å². The van der Waals surface area contributed by atoms with E-state index in [4.69, 9.17) is 4.55 Å². The van der Waals surface area contributed by atoms with Gasteiger partial charge in [-0.25, -0.2) is 0 Å². The molecule has 0 unspecified atom stereocenters. The summed E-state index contributed by atoms with van der Waals surface area (Å²) in [6.45, 7) is 7.46. The Kier molecular flexibility index (Phi) is 6.08. The summed E-state index contributed by atoms with van der Waals surface area (Å²) >= 11 is 0. The van der Waals surface area contributed by atoms with E-state index in [9.17, 15) is 8.42 Å². The first-order valence-corrected chi connectivity index (χ1v) is 8.59. The highest BCUT2D eigenvalue weighted by Crippen LogP contribution is 2.33.